The topological polar surface area (TPSA) is 108 Å². The molecule has 0 saturated heterocycles. The molecule has 2 aromatic carbocycles. The Kier molecular flexibility index (Phi) is 10.8. The number of carbonyl (C=O) groups excluding carboxylic acids is 2. The lowest BCUT2D eigenvalue weighted by atomic mass is 9.80. The number of ether oxygens (including phenoxy) is 4. The Morgan fingerprint density at radius 2 is 1.28 bits per heavy atom. The van der Waals surface area contributed by atoms with Gasteiger partial charge in [-0.25, -0.2) is 9.59 Å². The second-order valence-electron chi connectivity index (χ2n) is 10.8. The normalized spacial score (nSPS) is 20.9. The van der Waals surface area contributed by atoms with Crippen LogP contribution in [0.5, 0.6) is 0 Å². The predicted molar refractivity (Wildman–Crippen MR) is 150 cm³/mol. The first-order valence-corrected chi connectivity index (χ1v) is 13.7. The summed E-state index contributed by atoms with van der Waals surface area (Å²) < 4.78 is 106. The van der Waals surface area contributed by atoms with Gasteiger partial charge < -0.3 is 24.1 Å². The summed E-state index contributed by atoms with van der Waals surface area (Å²) in [5.74, 6) is -5.45. The van der Waals surface area contributed by atoms with Crippen molar-refractivity contribution in [3.05, 3.63) is 95.1 Å². The maximum Gasteiger partial charge on any atom is 0.432 e. The van der Waals surface area contributed by atoms with Crippen LogP contribution in [0.2, 0.25) is 0 Å². The van der Waals surface area contributed by atoms with Crippen LogP contribution in [0.4, 0.5) is 26.3 Å². The molecule has 0 saturated carbocycles. The van der Waals surface area contributed by atoms with E-state index in [-0.39, 0.29) is 12.0 Å². The Balaban J connectivity index is 2.02. The average molecular weight is 659 g/mol. The van der Waals surface area contributed by atoms with Crippen molar-refractivity contribution in [2.24, 2.45) is 5.41 Å². The first-order chi connectivity index (χ1) is 21.4. The summed E-state index contributed by atoms with van der Waals surface area (Å²) >= 11 is 0. The number of alkyl halides is 6. The van der Waals surface area contributed by atoms with Crippen LogP contribution in [-0.4, -0.2) is 62.3 Å². The Morgan fingerprint density at radius 3 is 1.67 bits per heavy atom. The first-order valence-electron chi connectivity index (χ1n) is 13.7. The number of rotatable bonds is 12. The fraction of sp³-hybridized carbons (Fsp3) is 0.406. The molecule has 250 valence electrons. The molecule has 14 heteroatoms. The molecule has 8 nitrogen and oxygen atoms in total. The zero-order chi connectivity index (χ0) is 34.6. The van der Waals surface area contributed by atoms with Crippen molar-refractivity contribution < 1.29 is 64.8 Å². The number of esters is 2. The summed E-state index contributed by atoms with van der Waals surface area (Å²) in [5.41, 5.74) is -10.1. The van der Waals surface area contributed by atoms with Crippen molar-refractivity contribution in [3.8, 4) is 0 Å². The molecular formula is C32H32F6O8. The van der Waals surface area contributed by atoms with E-state index < -0.39 is 77.1 Å². The molecule has 0 radical (unpaired) electrons. The number of carboxylic acids is 1. The lowest BCUT2D eigenvalue weighted by molar-refractivity contribution is -0.279. The van der Waals surface area contributed by atoms with Gasteiger partial charge in [0.2, 0.25) is 0 Å². The molecule has 46 heavy (non-hydrogen) atoms. The van der Waals surface area contributed by atoms with Crippen molar-refractivity contribution in [1.82, 2.24) is 0 Å². The minimum atomic E-state index is -5.37. The van der Waals surface area contributed by atoms with Crippen LogP contribution < -0.4 is 0 Å². The van der Waals surface area contributed by atoms with Gasteiger partial charge in [0, 0.05) is 31.8 Å². The third-order valence-electron chi connectivity index (χ3n) is 7.71. The summed E-state index contributed by atoms with van der Waals surface area (Å²) in [4.78, 5) is 39.2. The molecule has 0 amide bonds. The molecule has 1 N–H and O–H groups in total. The molecule has 0 aliphatic heterocycles. The van der Waals surface area contributed by atoms with E-state index in [2.05, 4.69) is 0 Å². The number of halogens is 6. The summed E-state index contributed by atoms with van der Waals surface area (Å²) in [6.07, 6.45) is -11.0. The quantitative estimate of drug-likeness (QED) is 0.159. The van der Waals surface area contributed by atoms with Gasteiger partial charge in [0.05, 0.1) is 0 Å². The third-order valence-corrected chi connectivity index (χ3v) is 7.71. The second kappa shape index (κ2) is 13.7. The number of hydrogen-bond donors (Lipinski definition) is 1. The predicted octanol–water partition coefficient (Wildman–Crippen LogP) is 6.41. The average Bonchev–Trinajstić information content (AvgIpc) is 3.34. The van der Waals surface area contributed by atoms with Crippen LogP contribution in [0.25, 0.3) is 0 Å². The highest BCUT2D eigenvalue weighted by atomic mass is 19.4. The third kappa shape index (κ3) is 6.54. The SMILES string of the molecule is CO[C@@](C(=O)OCC1=C[C@@](CC=C(C)C)(C(=O)O)[C@@H](OC(=O)[C@](OC)(c2ccccc2)C(F)(F)F)C1)(c1ccccc1)C(F)(F)F. The van der Waals surface area contributed by atoms with Gasteiger partial charge in [-0.15, -0.1) is 0 Å². The van der Waals surface area contributed by atoms with Crippen molar-refractivity contribution in [2.45, 2.75) is 56.3 Å². The highest BCUT2D eigenvalue weighted by molar-refractivity contribution is 5.85. The van der Waals surface area contributed by atoms with Crippen molar-refractivity contribution in [1.29, 1.82) is 0 Å². The number of hydrogen-bond acceptors (Lipinski definition) is 7. The van der Waals surface area contributed by atoms with E-state index in [9.17, 15) is 45.8 Å². The second-order valence-corrected chi connectivity index (χ2v) is 10.8. The Hall–Kier alpha value is -4.17. The van der Waals surface area contributed by atoms with Gasteiger partial charge in [-0.05, 0) is 25.8 Å². The van der Waals surface area contributed by atoms with Crippen LogP contribution in [0.15, 0.2) is 84.0 Å². The summed E-state index contributed by atoms with van der Waals surface area (Å²) in [5, 5.41) is 10.3. The summed E-state index contributed by atoms with van der Waals surface area (Å²) in [6.45, 7) is 2.33. The van der Waals surface area contributed by atoms with Crippen LogP contribution >= 0.6 is 0 Å². The number of carboxylic acid groups (broad SMARTS) is 1. The van der Waals surface area contributed by atoms with E-state index in [1.54, 1.807) is 13.8 Å². The first kappa shape index (κ1) is 36.3. The highest BCUT2D eigenvalue weighted by Gasteiger charge is 2.66. The Bertz CT molecular complexity index is 1470. The fourth-order valence-corrected chi connectivity index (χ4v) is 5.28. The Labute approximate surface area is 260 Å². The minimum Gasteiger partial charge on any atom is -0.480 e. The summed E-state index contributed by atoms with van der Waals surface area (Å²) in [7, 11) is 1.30. The van der Waals surface area contributed by atoms with Crippen LogP contribution in [0, 0.1) is 5.41 Å². The molecule has 3 rings (SSSR count). The molecule has 1 aliphatic rings. The number of benzene rings is 2. The molecular weight excluding hydrogens is 626 g/mol. The Morgan fingerprint density at radius 1 is 0.826 bits per heavy atom. The molecule has 0 fully saturated rings. The molecule has 4 atom stereocenters. The van der Waals surface area contributed by atoms with Gasteiger partial charge in [0.1, 0.15) is 18.1 Å². The van der Waals surface area contributed by atoms with Crippen LogP contribution in [0.1, 0.15) is 37.8 Å². The minimum absolute atomic E-state index is 0.120. The maximum absolute atomic E-state index is 14.5. The molecule has 0 bridgehead atoms. The zero-order valence-corrected chi connectivity index (χ0v) is 25.2. The van der Waals surface area contributed by atoms with Gasteiger partial charge in [-0.3, -0.25) is 4.79 Å². The largest absolute Gasteiger partial charge is 0.480 e. The smallest absolute Gasteiger partial charge is 0.432 e. The van der Waals surface area contributed by atoms with Gasteiger partial charge in [0.25, 0.3) is 11.2 Å². The van der Waals surface area contributed by atoms with Crippen molar-refractivity contribution >= 4 is 17.9 Å². The number of aliphatic carboxylic acids is 1. The van der Waals surface area contributed by atoms with Crippen LogP contribution in [-0.2, 0) is 44.5 Å². The highest BCUT2D eigenvalue weighted by Crippen LogP contribution is 2.48. The lowest BCUT2D eigenvalue weighted by Gasteiger charge is -2.36. The van der Waals surface area contributed by atoms with Gasteiger partial charge >= 0.3 is 30.3 Å². The molecule has 0 spiro atoms. The van der Waals surface area contributed by atoms with E-state index in [1.165, 1.54) is 42.5 Å². The number of methoxy groups -OCH3 is 2. The fourth-order valence-electron chi connectivity index (χ4n) is 5.28. The standard InChI is InChI=1S/C32H32F6O8/c1-20(2)15-16-28(25(39)40)18-21(19-45-26(41)29(43-3,31(33,34)35)22-11-7-5-8-12-22)17-24(28)46-27(42)30(44-4,32(36,37)38)23-13-9-6-10-14-23/h5-15,18,24H,16-17,19H2,1-4H3,(H,39,40)/t24-,28+,29+,30+/m0/s1. The van der Waals surface area contributed by atoms with Gasteiger partial charge in [-0.1, -0.05) is 78.4 Å². The van der Waals surface area contributed by atoms with Gasteiger partial charge in [-0.2, -0.15) is 26.3 Å². The summed E-state index contributed by atoms with van der Waals surface area (Å²) in [6, 6.07) is 11.8. The zero-order valence-electron chi connectivity index (χ0n) is 25.2. The monoisotopic (exact) mass is 658 g/mol. The van der Waals surface area contributed by atoms with Crippen molar-refractivity contribution in [3.63, 3.8) is 0 Å². The van der Waals surface area contributed by atoms with E-state index >= 15 is 0 Å². The van der Waals surface area contributed by atoms with Crippen molar-refractivity contribution in [2.75, 3.05) is 20.8 Å². The van der Waals surface area contributed by atoms with E-state index in [4.69, 9.17) is 18.9 Å². The molecule has 0 aromatic heterocycles. The van der Waals surface area contributed by atoms with Gasteiger partial charge in [0.15, 0.2) is 0 Å². The number of carbonyl (C=O) groups is 3. The van der Waals surface area contributed by atoms with E-state index in [0.29, 0.717) is 19.8 Å². The molecule has 0 unspecified atom stereocenters. The van der Waals surface area contributed by atoms with E-state index in [1.807, 2.05) is 0 Å². The molecule has 0 heterocycles. The van der Waals surface area contributed by atoms with Crippen LogP contribution in [0.3, 0.4) is 0 Å². The number of allylic oxidation sites excluding steroid dienone is 2. The van der Waals surface area contributed by atoms with E-state index in [0.717, 1.165) is 30.3 Å². The maximum atomic E-state index is 14.5. The lowest BCUT2D eigenvalue weighted by Crippen LogP contribution is -2.54. The molecule has 2 aromatic rings. The molecule has 1 aliphatic carbocycles.